The number of hydrogen-bond acceptors (Lipinski definition) is 3. The second-order valence-electron chi connectivity index (χ2n) is 6.31. The number of carbonyl (C=O) groups is 1. The molecule has 1 N–H and O–H groups in total. The van der Waals surface area contributed by atoms with Crippen LogP contribution in [0.4, 0.5) is 4.79 Å². The minimum absolute atomic E-state index is 0.0193. The maximum Gasteiger partial charge on any atom is 0.318 e. The number of fused-ring (bicyclic) bond motifs is 1. The van der Waals surface area contributed by atoms with E-state index in [4.69, 9.17) is 0 Å². The van der Waals surface area contributed by atoms with Crippen LogP contribution in [0, 0.1) is 0 Å². The summed E-state index contributed by atoms with van der Waals surface area (Å²) in [6.07, 6.45) is 4.69. The molecular weight excluding hydrogens is 314 g/mol. The lowest BCUT2D eigenvalue weighted by Crippen LogP contribution is -2.40. The van der Waals surface area contributed by atoms with Crippen molar-refractivity contribution >= 4 is 11.7 Å². The summed E-state index contributed by atoms with van der Waals surface area (Å²) in [7, 11) is 0. The fraction of sp³-hybridized carbons (Fsp3) is 0.316. The number of benzene rings is 1. The van der Waals surface area contributed by atoms with Gasteiger partial charge in [0.2, 0.25) is 0 Å². The van der Waals surface area contributed by atoms with Gasteiger partial charge >= 0.3 is 6.03 Å². The molecule has 1 atom stereocenters. The Morgan fingerprint density at radius 2 is 1.96 bits per heavy atom. The Bertz CT molecular complexity index is 860. The molecule has 0 bridgehead atoms. The highest BCUT2D eigenvalue weighted by Crippen LogP contribution is 2.30. The van der Waals surface area contributed by atoms with Gasteiger partial charge in [0.05, 0.1) is 6.04 Å². The Morgan fingerprint density at radius 3 is 2.84 bits per heavy atom. The Labute approximate surface area is 146 Å². The fourth-order valence-corrected chi connectivity index (χ4v) is 3.43. The maximum absolute atomic E-state index is 12.6. The molecule has 1 aliphatic rings. The molecule has 6 nitrogen and oxygen atoms in total. The molecule has 2 aromatic heterocycles. The summed E-state index contributed by atoms with van der Waals surface area (Å²) in [5, 5.41) is 11.6. The predicted molar refractivity (Wildman–Crippen MR) is 95.2 cm³/mol. The van der Waals surface area contributed by atoms with Gasteiger partial charge in [-0.15, -0.1) is 10.2 Å². The van der Waals surface area contributed by atoms with E-state index in [0.29, 0.717) is 6.54 Å². The number of nitrogens with zero attached hydrogens (tertiary/aromatic N) is 4. The van der Waals surface area contributed by atoms with Gasteiger partial charge < -0.3 is 10.2 Å². The van der Waals surface area contributed by atoms with Gasteiger partial charge in [0, 0.05) is 19.3 Å². The average molecular weight is 335 g/mol. The zero-order chi connectivity index (χ0) is 17.1. The third kappa shape index (κ3) is 3.20. The molecule has 3 heterocycles. The van der Waals surface area contributed by atoms with Crippen LogP contribution in [0.25, 0.3) is 5.65 Å². The van der Waals surface area contributed by atoms with Crippen LogP contribution >= 0.6 is 0 Å². The molecule has 3 aromatic rings. The van der Waals surface area contributed by atoms with Crippen molar-refractivity contribution in [1.29, 1.82) is 0 Å². The van der Waals surface area contributed by atoms with E-state index in [-0.39, 0.29) is 12.1 Å². The van der Waals surface area contributed by atoms with Crippen LogP contribution in [0.15, 0.2) is 54.7 Å². The predicted octanol–water partition coefficient (Wildman–Crippen LogP) is 2.82. The smallest absolute Gasteiger partial charge is 0.318 e. The number of amides is 2. The number of carbonyl (C=O) groups excluding carboxylic acids is 1. The van der Waals surface area contributed by atoms with Crippen molar-refractivity contribution in [2.45, 2.75) is 25.3 Å². The van der Waals surface area contributed by atoms with E-state index in [1.165, 1.54) is 5.56 Å². The third-order valence-corrected chi connectivity index (χ3v) is 4.68. The average Bonchev–Trinajstić information content (AvgIpc) is 3.29. The molecule has 1 saturated heterocycles. The van der Waals surface area contributed by atoms with E-state index in [1.807, 2.05) is 51.9 Å². The van der Waals surface area contributed by atoms with Gasteiger partial charge in [0.15, 0.2) is 11.5 Å². The molecule has 1 fully saturated rings. The first kappa shape index (κ1) is 15.6. The summed E-state index contributed by atoms with van der Waals surface area (Å²) in [5.74, 6) is 0.839. The van der Waals surface area contributed by atoms with Crippen LogP contribution in [0.2, 0.25) is 0 Å². The zero-order valence-corrected chi connectivity index (χ0v) is 14.0. The molecule has 1 unspecified atom stereocenters. The number of likely N-dealkylation sites (tertiary alicyclic amines) is 1. The number of nitrogens with one attached hydrogen (secondary N) is 1. The molecular formula is C19H21N5O. The van der Waals surface area contributed by atoms with E-state index in [2.05, 4.69) is 27.6 Å². The SMILES string of the molecule is O=C(NCCc1ccccc1)N1CCCC1c1nnc2ccccn12. The third-order valence-electron chi connectivity index (χ3n) is 4.68. The summed E-state index contributed by atoms with van der Waals surface area (Å²) in [5.41, 5.74) is 2.04. The highest BCUT2D eigenvalue weighted by molar-refractivity contribution is 5.75. The molecule has 1 aromatic carbocycles. The van der Waals surface area contributed by atoms with E-state index in [0.717, 1.165) is 37.3 Å². The normalized spacial score (nSPS) is 17.1. The zero-order valence-electron chi connectivity index (χ0n) is 14.0. The minimum Gasteiger partial charge on any atom is -0.338 e. The molecule has 0 aliphatic carbocycles. The van der Waals surface area contributed by atoms with Gasteiger partial charge in [-0.2, -0.15) is 0 Å². The Balaban J connectivity index is 1.43. The van der Waals surface area contributed by atoms with Crippen molar-refractivity contribution in [3.8, 4) is 0 Å². The minimum atomic E-state index is -0.0221. The number of hydrogen-bond donors (Lipinski definition) is 1. The van der Waals surface area contributed by atoms with Crippen LogP contribution in [-0.4, -0.2) is 38.6 Å². The molecule has 128 valence electrons. The first-order valence-corrected chi connectivity index (χ1v) is 8.71. The van der Waals surface area contributed by atoms with Crippen LogP contribution in [0.3, 0.4) is 0 Å². The Hall–Kier alpha value is -2.89. The monoisotopic (exact) mass is 335 g/mol. The van der Waals surface area contributed by atoms with Crippen molar-refractivity contribution in [3.63, 3.8) is 0 Å². The summed E-state index contributed by atoms with van der Waals surface area (Å²) in [4.78, 5) is 14.5. The van der Waals surface area contributed by atoms with Gasteiger partial charge in [-0.3, -0.25) is 4.40 Å². The summed E-state index contributed by atoms with van der Waals surface area (Å²) >= 11 is 0. The standard InChI is InChI=1S/C19H21N5O/c25-19(20-12-11-15-7-2-1-3-8-15)23-14-6-9-16(23)18-22-21-17-10-4-5-13-24(17)18/h1-5,7-8,10,13,16H,6,9,11-12,14H2,(H,20,25). The lowest BCUT2D eigenvalue weighted by atomic mass is 10.1. The number of pyridine rings is 1. The fourth-order valence-electron chi connectivity index (χ4n) is 3.43. The van der Waals surface area contributed by atoms with Gasteiger partial charge in [-0.1, -0.05) is 36.4 Å². The molecule has 25 heavy (non-hydrogen) atoms. The highest BCUT2D eigenvalue weighted by Gasteiger charge is 2.33. The van der Waals surface area contributed by atoms with Crippen LogP contribution in [-0.2, 0) is 6.42 Å². The van der Waals surface area contributed by atoms with E-state index >= 15 is 0 Å². The second kappa shape index (κ2) is 6.93. The molecule has 0 radical (unpaired) electrons. The maximum atomic E-state index is 12.6. The molecule has 0 saturated carbocycles. The first-order valence-electron chi connectivity index (χ1n) is 8.71. The summed E-state index contributed by atoms with van der Waals surface area (Å²) in [6.45, 7) is 1.39. The Morgan fingerprint density at radius 1 is 1.12 bits per heavy atom. The molecule has 0 spiro atoms. The van der Waals surface area contributed by atoms with E-state index < -0.39 is 0 Å². The van der Waals surface area contributed by atoms with Crippen molar-refractivity contribution in [3.05, 3.63) is 66.1 Å². The van der Waals surface area contributed by atoms with E-state index in [9.17, 15) is 4.79 Å². The first-order chi connectivity index (χ1) is 12.3. The van der Waals surface area contributed by atoms with Gasteiger partial charge in [0.25, 0.3) is 0 Å². The van der Waals surface area contributed by atoms with Gasteiger partial charge in [-0.05, 0) is 37.0 Å². The molecule has 1 aliphatic heterocycles. The largest absolute Gasteiger partial charge is 0.338 e. The van der Waals surface area contributed by atoms with Crippen molar-refractivity contribution < 1.29 is 4.79 Å². The van der Waals surface area contributed by atoms with Gasteiger partial charge in [-0.25, -0.2) is 4.79 Å². The van der Waals surface area contributed by atoms with E-state index in [1.54, 1.807) is 0 Å². The van der Waals surface area contributed by atoms with Crippen molar-refractivity contribution in [2.24, 2.45) is 0 Å². The van der Waals surface area contributed by atoms with Crippen LogP contribution in [0.5, 0.6) is 0 Å². The van der Waals surface area contributed by atoms with Crippen LogP contribution < -0.4 is 5.32 Å². The number of aromatic nitrogens is 3. The van der Waals surface area contributed by atoms with Crippen molar-refractivity contribution in [2.75, 3.05) is 13.1 Å². The molecule has 2 amide bonds. The number of urea groups is 1. The second-order valence-corrected chi connectivity index (χ2v) is 6.31. The van der Waals surface area contributed by atoms with Crippen LogP contribution in [0.1, 0.15) is 30.3 Å². The molecule has 4 rings (SSSR count). The number of rotatable bonds is 4. The van der Waals surface area contributed by atoms with Crippen molar-refractivity contribution in [1.82, 2.24) is 24.8 Å². The lowest BCUT2D eigenvalue weighted by molar-refractivity contribution is 0.191. The Kier molecular flexibility index (Phi) is 4.33. The lowest BCUT2D eigenvalue weighted by Gasteiger charge is -2.23. The quantitative estimate of drug-likeness (QED) is 0.797. The molecule has 6 heteroatoms. The topological polar surface area (TPSA) is 62.5 Å². The highest BCUT2D eigenvalue weighted by atomic mass is 16.2. The summed E-state index contributed by atoms with van der Waals surface area (Å²) in [6, 6.07) is 16.0. The van der Waals surface area contributed by atoms with Gasteiger partial charge in [0.1, 0.15) is 0 Å². The summed E-state index contributed by atoms with van der Waals surface area (Å²) < 4.78 is 1.97.